The van der Waals surface area contributed by atoms with Gasteiger partial charge in [-0.2, -0.15) is 0 Å². The lowest BCUT2D eigenvalue weighted by atomic mass is 9.98. The summed E-state index contributed by atoms with van der Waals surface area (Å²) in [5, 5.41) is 8.43. The quantitative estimate of drug-likeness (QED) is 0.186. The van der Waals surface area contributed by atoms with E-state index in [-0.39, 0.29) is 0 Å². The summed E-state index contributed by atoms with van der Waals surface area (Å²) in [6, 6.07) is 21.3. The third-order valence-corrected chi connectivity index (χ3v) is 5.16. The fraction of sp³-hybridized carbons (Fsp3) is 0. The Labute approximate surface area is 135 Å². The van der Waals surface area contributed by atoms with Gasteiger partial charge >= 0.3 is 0 Å². The fourth-order valence-electron chi connectivity index (χ4n) is 2.79. The van der Waals surface area contributed by atoms with Crippen molar-refractivity contribution in [2.75, 3.05) is 0 Å². The van der Waals surface area contributed by atoms with Crippen molar-refractivity contribution in [3.05, 3.63) is 69.3 Å². The molecule has 0 amide bonds. The summed E-state index contributed by atoms with van der Waals surface area (Å²) in [6.07, 6.45) is 0. The molecule has 4 rings (SSSR count). The number of benzene rings is 4. The van der Waals surface area contributed by atoms with E-state index in [4.69, 9.17) is 11.6 Å². The maximum absolute atomic E-state index is 6.13. The Kier molecular flexibility index (Phi) is 2.86. The van der Waals surface area contributed by atoms with Crippen molar-refractivity contribution < 1.29 is 0 Å². The monoisotopic (exact) mass is 388 g/mol. The summed E-state index contributed by atoms with van der Waals surface area (Å²) in [7, 11) is 0. The Balaban J connectivity index is 2.28. The van der Waals surface area contributed by atoms with Crippen molar-refractivity contribution in [2.24, 2.45) is 0 Å². The summed E-state index contributed by atoms with van der Waals surface area (Å²) < 4.78 is 1.27. The third-order valence-electron chi connectivity index (χ3n) is 3.76. The van der Waals surface area contributed by atoms with Gasteiger partial charge in [-0.3, -0.25) is 0 Å². The van der Waals surface area contributed by atoms with Crippen LogP contribution in [0.25, 0.3) is 32.3 Å². The van der Waals surface area contributed by atoms with Crippen molar-refractivity contribution in [3.8, 4) is 0 Å². The number of fused-ring (bicyclic) bond motifs is 4. The van der Waals surface area contributed by atoms with Crippen LogP contribution in [0.1, 0.15) is 0 Å². The lowest BCUT2D eigenvalue weighted by Crippen LogP contribution is -1.84. The third kappa shape index (κ3) is 1.80. The second kappa shape index (κ2) is 4.61. The molecule has 4 aromatic rings. The van der Waals surface area contributed by atoms with Gasteiger partial charge in [-0.05, 0) is 73.1 Å². The van der Waals surface area contributed by atoms with E-state index in [0.717, 1.165) is 5.02 Å². The summed E-state index contributed by atoms with van der Waals surface area (Å²) in [5.74, 6) is 0. The van der Waals surface area contributed by atoms with E-state index in [1.54, 1.807) is 0 Å². The highest BCUT2D eigenvalue weighted by Crippen LogP contribution is 2.34. The van der Waals surface area contributed by atoms with Gasteiger partial charge in [-0.1, -0.05) is 54.1 Å². The molecule has 0 saturated carbocycles. The topological polar surface area (TPSA) is 0 Å². The van der Waals surface area contributed by atoms with Crippen LogP contribution in [-0.4, -0.2) is 0 Å². The molecule has 0 N–H and O–H groups in total. The second-order valence-corrected chi connectivity index (χ2v) is 6.45. The van der Waals surface area contributed by atoms with Crippen LogP contribution in [0.4, 0.5) is 0 Å². The number of hydrogen-bond donors (Lipinski definition) is 0. The van der Waals surface area contributed by atoms with Gasteiger partial charge in [0.05, 0.1) is 0 Å². The maximum atomic E-state index is 6.13. The summed E-state index contributed by atoms with van der Waals surface area (Å²) in [6.45, 7) is 0. The van der Waals surface area contributed by atoms with Gasteiger partial charge in [0.2, 0.25) is 0 Å². The first-order valence-corrected chi connectivity index (χ1v) is 7.89. The van der Waals surface area contributed by atoms with Crippen LogP contribution in [0.5, 0.6) is 0 Å². The molecular formula is C18H10ClI. The molecule has 0 saturated heterocycles. The molecule has 20 heavy (non-hydrogen) atoms. The van der Waals surface area contributed by atoms with E-state index in [1.807, 2.05) is 12.1 Å². The Morgan fingerprint density at radius 1 is 0.650 bits per heavy atom. The van der Waals surface area contributed by atoms with Crippen molar-refractivity contribution >= 4 is 66.5 Å². The summed E-state index contributed by atoms with van der Waals surface area (Å²) in [5.41, 5.74) is 0. The molecule has 2 heteroatoms. The average Bonchev–Trinajstić information content (AvgIpc) is 2.48. The van der Waals surface area contributed by atoms with Crippen LogP contribution in [0.3, 0.4) is 0 Å². The van der Waals surface area contributed by atoms with Gasteiger partial charge in [0, 0.05) is 8.59 Å². The van der Waals surface area contributed by atoms with Crippen LogP contribution in [-0.2, 0) is 0 Å². The van der Waals surface area contributed by atoms with E-state index >= 15 is 0 Å². The molecule has 0 aliphatic rings. The number of rotatable bonds is 0. The maximum Gasteiger partial charge on any atom is 0.0412 e. The first-order chi connectivity index (χ1) is 9.74. The van der Waals surface area contributed by atoms with Crippen LogP contribution in [0.2, 0.25) is 5.02 Å². The van der Waals surface area contributed by atoms with Crippen LogP contribution in [0, 0.1) is 3.57 Å². The van der Waals surface area contributed by atoms with E-state index in [1.165, 1.54) is 35.9 Å². The van der Waals surface area contributed by atoms with Crippen LogP contribution in [0.15, 0.2) is 60.7 Å². The van der Waals surface area contributed by atoms with Gasteiger partial charge in [-0.25, -0.2) is 0 Å². The minimum Gasteiger partial charge on any atom is -0.0843 e. The van der Waals surface area contributed by atoms with E-state index < -0.39 is 0 Å². The number of halogens is 2. The Morgan fingerprint density at radius 2 is 1.45 bits per heavy atom. The molecule has 0 aliphatic heterocycles. The van der Waals surface area contributed by atoms with Crippen molar-refractivity contribution in [1.82, 2.24) is 0 Å². The van der Waals surface area contributed by atoms with Crippen molar-refractivity contribution in [3.63, 3.8) is 0 Å². The molecule has 4 aromatic carbocycles. The zero-order valence-electron chi connectivity index (χ0n) is 10.5. The first-order valence-electron chi connectivity index (χ1n) is 6.43. The normalized spacial score (nSPS) is 11.5. The highest BCUT2D eigenvalue weighted by molar-refractivity contribution is 14.1. The molecule has 0 aliphatic carbocycles. The zero-order chi connectivity index (χ0) is 13.7. The van der Waals surface area contributed by atoms with E-state index in [2.05, 4.69) is 71.1 Å². The molecule has 0 aromatic heterocycles. The Morgan fingerprint density at radius 3 is 2.35 bits per heavy atom. The highest BCUT2D eigenvalue weighted by Gasteiger charge is 2.08. The molecule has 96 valence electrons. The average molecular weight is 389 g/mol. The summed E-state index contributed by atoms with van der Waals surface area (Å²) >= 11 is 8.56. The predicted octanol–water partition coefficient (Wildman–Crippen LogP) is 6.40. The molecule has 0 spiro atoms. The second-order valence-electron chi connectivity index (χ2n) is 4.94. The van der Waals surface area contributed by atoms with Crippen LogP contribution < -0.4 is 0 Å². The smallest absolute Gasteiger partial charge is 0.0412 e. The molecule has 0 atom stereocenters. The fourth-order valence-corrected chi connectivity index (χ4v) is 3.90. The molecular weight excluding hydrogens is 379 g/mol. The van der Waals surface area contributed by atoms with Gasteiger partial charge in [0.1, 0.15) is 0 Å². The predicted molar refractivity (Wildman–Crippen MR) is 96.7 cm³/mol. The SMILES string of the molecule is Clc1ccc2cc3c(ccc4ccccc43)c(I)c2c1. The van der Waals surface area contributed by atoms with Crippen LogP contribution >= 0.6 is 34.2 Å². The molecule has 0 nitrogen and oxygen atoms in total. The molecule has 0 radical (unpaired) electrons. The molecule has 0 unspecified atom stereocenters. The van der Waals surface area contributed by atoms with E-state index in [9.17, 15) is 0 Å². The lowest BCUT2D eigenvalue weighted by molar-refractivity contribution is 1.75. The largest absolute Gasteiger partial charge is 0.0843 e. The lowest BCUT2D eigenvalue weighted by Gasteiger charge is -2.09. The first kappa shape index (κ1) is 12.4. The standard InChI is InChI=1S/C18H10ClI/c19-13-7-5-12-9-17-14-4-2-1-3-11(14)6-8-15(17)18(20)16(12)10-13/h1-10H. The highest BCUT2D eigenvalue weighted by atomic mass is 127. The van der Waals surface area contributed by atoms with Gasteiger partial charge in [0.15, 0.2) is 0 Å². The molecule has 0 fully saturated rings. The van der Waals surface area contributed by atoms with Gasteiger partial charge < -0.3 is 0 Å². The summed E-state index contributed by atoms with van der Waals surface area (Å²) in [4.78, 5) is 0. The van der Waals surface area contributed by atoms with Gasteiger partial charge in [-0.15, -0.1) is 0 Å². The zero-order valence-corrected chi connectivity index (χ0v) is 13.4. The van der Waals surface area contributed by atoms with Crippen molar-refractivity contribution in [2.45, 2.75) is 0 Å². The van der Waals surface area contributed by atoms with E-state index in [0.29, 0.717) is 0 Å². The minimum atomic E-state index is 0.788. The number of hydrogen-bond acceptors (Lipinski definition) is 0. The Bertz CT molecular complexity index is 973. The minimum absolute atomic E-state index is 0.788. The van der Waals surface area contributed by atoms with Crippen molar-refractivity contribution in [1.29, 1.82) is 0 Å². The Hall–Kier alpha value is -1.32. The molecule has 0 heterocycles. The van der Waals surface area contributed by atoms with Gasteiger partial charge in [0.25, 0.3) is 0 Å². The molecule has 0 bridgehead atoms.